The van der Waals surface area contributed by atoms with Gasteiger partial charge in [0.15, 0.2) is 0 Å². The van der Waals surface area contributed by atoms with Gasteiger partial charge < -0.3 is 10.1 Å². The molecule has 1 atom stereocenters. The molecule has 0 aliphatic heterocycles. The molecule has 0 saturated heterocycles. The second kappa shape index (κ2) is 7.33. The first-order valence-corrected chi connectivity index (χ1v) is 9.13. The van der Waals surface area contributed by atoms with E-state index in [-0.39, 0.29) is 11.9 Å². The average molecular weight is 354 g/mol. The lowest BCUT2D eigenvalue weighted by Gasteiger charge is -2.15. The summed E-state index contributed by atoms with van der Waals surface area (Å²) >= 11 is 1.62. The van der Waals surface area contributed by atoms with E-state index < -0.39 is 0 Å². The van der Waals surface area contributed by atoms with Crippen LogP contribution in [0, 0.1) is 13.8 Å². The molecular formula is C20H22N2O2S. The van der Waals surface area contributed by atoms with Crippen LogP contribution in [-0.2, 0) is 4.74 Å². The maximum atomic E-state index is 12.9. The van der Waals surface area contributed by atoms with E-state index >= 15 is 0 Å². The Morgan fingerprint density at radius 3 is 2.72 bits per heavy atom. The van der Waals surface area contributed by atoms with Crippen molar-refractivity contribution < 1.29 is 9.53 Å². The van der Waals surface area contributed by atoms with Crippen LogP contribution in [0.5, 0.6) is 0 Å². The molecule has 0 radical (unpaired) electrons. The summed E-state index contributed by atoms with van der Waals surface area (Å²) in [6.45, 7) is 6.52. The second-order valence-electron chi connectivity index (χ2n) is 6.32. The summed E-state index contributed by atoms with van der Waals surface area (Å²) in [6, 6.07) is 9.94. The Kier molecular flexibility index (Phi) is 5.16. The summed E-state index contributed by atoms with van der Waals surface area (Å²) in [4.78, 5) is 18.7. The van der Waals surface area contributed by atoms with Crippen LogP contribution in [-0.4, -0.2) is 30.6 Å². The topological polar surface area (TPSA) is 51.2 Å². The molecule has 25 heavy (non-hydrogen) atoms. The number of aromatic nitrogens is 1. The zero-order valence-corrected chi connectivity index (χ0v) is 15.7. The van der Waals surface area contributed by atoms with E-state index in [1.807, 2.05) is 36.6 Å². The van der Waals surface area contributed by atoms with Crippen LogP contribution in [0.15, 0.2) is 35.7 Å². The summed E-state index contributed by atoms with van der Waals surface area (Å²) in [5, 5.41) is 5.90. The molecular weight excluding hydrogens is 332 g/mol. The number of aryl methyl sites for hydroxylation is 2. The number of carbonyl (C=O) groups is 1. The minimum atomic E-state index is -0.0991. The summed E-state index contributed by atoms with van der Waals surface area (Å²) < 4.78 is 5.12. The fourth-order valence-corrected chi connectivity index (χ4v) is 3.50. The first-order chi connectivity index (χ1) is 12.0. The molecule has 0 bridgehead atoms. The smallest absolute Gasteiger partial charge is 0.252 e. The van der Waals surface area contributed by atoms with E-state index in [9.17, 15) is 4.79 Å². The first kappa shape index (κ1) is 17.6. The van der Waals surface area contributed by atoms with Crippen molar-refractivity contribution in [2.24, 2.45) is 0 Å². The number of hydrogen-bond donors (Lipinski definition) is 1. The number of amides is 1. The molecule has 0 aliphatic rings. The highest BCUT2D eigenvalue weighted by atomic mass is 32.1. The number of nitrogens with one attached hydrogen (secondary N) is 1. The molecule has 2 heterocycles. The molecule has 2 aromatic heterocycles. The number of hydrogen-bond acceptors (Lipinski definition) is 4. The molecule has 1 unspecified atom stereocenters. The number of pyridine rings is 1. The number of thiophene rings is 1. The number of ether oxygens (including phenoxy) is 1. The number of rotatable bonds is 5. The van der Waals surface area contributed by atoms with Crippen molar-refractivity contribution >= 4 is 28.1 Å². The fourth-order valence-electron chi connectivity index (χ4n) is 2.82. The largest absolute Gasteiger partial charge is 0.383 e. The normalized spacial score (nSPS) is 12.3. The Morgan fingerprint density at radius 1 is 1.28 bits per heavy atom. The highest BCUT2D eigenvalue weighted by Gasteiger charge is 2.17. The highest BCUT2D eigenvalue weighted by Crippen LogP contribution is 2.29. The summed E-state index contributed by atoms with van der Waals surface area (Å²) in [6.07, 6.45) is 0. The molecule has 0 aliphatic carbocycles. The van der Waals surface area contributed by atoms with E-state index in [1.165, 1.54) is 5.56 Å². The third-order valence-electron chi connectivity index (χ3n) is 4.24. The Labute approximate surface area is 151 Å². The lowest BCUT2D eigenvalue weighted by atomic mass is 10.0. The fraction of sp³-hybridized carbons (Fsp3) is 0.300. The van der Waals surface area contributed by atoms with E-state index in [4.69, 9.17) is 9.72 Å². The minimum absolute atomic E-state index is 0.0579. The number of methoxy groups -OCH3 is 1. The molecule has 0 spiro atoms. The lowest BCUT2D eigenvalue weighted by molar-refractivity contribution is 0.0907. The van der Waals surface area contributed by atoms with E-state index in [0.717, 1.165) is 27.0 Å². The van der Waals surface area contributed by atoms with Crippen LogP contribution >= 0.6 is 11.3 Å². The van der Waals surface area contributed by atoms with Gasteiger partial charge in [-0.15, -0.1) is 11.3 Å². The monoisotopic (exact) mass is 354 g/mol. The van der Waals surface area contributed by atoms with Crippen LogP contribution in [0.3, 0.4) is 0 Å². The van der Waals surface area contributed by atoms with Gasteiger partial charge in [0.25, 0.3) is 5.91 Å². The number of fused-ring (bicyclic) bond motifs is 1. The van der Waals surface area contributed by atoms with Gasteiger partial charge in [-0.2, -0.15) is 0 Å². The molecule has 5 heteroatoms. The van der Waals surface area contributed by atoms with Crippen LogP contribution in [0.1, 0.15) is 28.4 Å². The summed E-state index contributed by atoms with van der Waals surface area (Å²) in [5.41, 5.74) is 4.65. The zero-order chi connectivity index (χ0) is 18.0. The van der Waals surface area contributed by atoms with Gasteiger partial charge in [0.2, 0.25) is 0 Å². The molecule has 1 N–H and O–H groups in total. The van der Waals surface area contributed by atoms with Crippen molar-refractivity contribution in [1.82, 2.24) is 10.3 Å². The van der Waals surface area contributed by atoms with Crippen molar-refractivity contribution in [2.75, 3.05) is 13.7 Å². The van der Waals surface area contributed by atoms with Crippen LogP contribution < -0.4 is 5.32 Å². The number of nitrogens with zero attached hydrogens (tertiary/aromatic N) is 1. The maximum absolute atomic E-state index is 12.9. The number of carbonyl (C=O) groups excluding carboxylic acids is 1. The van der Waals surface area contributed by atoms with Crippen molar-refractivity contribution in [3.63, 3.8) is 0 Å². The van der Waals surface area contributed by atoms with Gasteiger partial charge >= 0.3 is 0 Å². The van der Waals surface area contributed by atoms with E-state index in [1.54, 1.807) is 18.4 Å². The predicted molar refractivity (Wildman–Crippen MR) is 103 cm³/mol. The molecule has 4 nitrogen and oxygen atoms in total. The molecule has 0 saturated carbocycles. The van der Waals surface area contributed by atoms with Crippen molar-refractivity contribution in [3.8, 4) is 10.6 Å². The molecule has 0 fully saturated rings. The van der Waals surface area contributed by atoms with Gasteiger partial charge in [0.1, 0.15) is 0 Å². The molecule has 1 aromatic carbocycles. The third kappa shape index (κ3) is 3.72. The van der Waals surface area contributed by atoms with Crippen molar-refractivity contribution in [3.05, 3.63) is 52.4 Å². The SMILES string of the molecule is COCC(C)NC(=O)c1cc(-c2cccs2)nc2cc(C)c(C)cc12. The third-order valence-corrected chi connectivity index (χ3v) is 5.13. The maximum Gasteiger partial charge on any atom is 0.252 e. The Hall–Kier alpha value is -2.24. The summed E-state index contributed by atoms with van der Waals surface area (Å²) in [5.74, 6) is -0.0991. The van der Waals surface area contributed by atoms with Gasteiger partial charge in [0.05, 0.1) is 28.3 Å². The Bertz CT molecular complexity index is 904. The lowest BCUT2D eigenvalue weighted by Crippen LogP contribution is -2.35. The van der Waals surface area contributed by atoms with Crippen molar-refractivity contribution in [1.29, 1.82) is 0 Å². The molecule has 3 aromatic rings. The van der Waals surface area contributed by atoms with Crippen LogP contribution in [0.2, 0.25) is 0 Å². The summed E-state index contributed by atoms with van der Waals surface area (Å²) in [7, 11) is 1.63. The highest BCUT2D eigenvalue weighted by molar-refractivity contribution is 7.13. The molecule has 130 valence electrons. The molecule has 3 rings (SSSR count). The Morgan fingerprint density at radius 2 is 2.04 bits per heavy atom. The van der Waals surface area contributed by atoms with Gasteiger partial charge in [-0.25, -0.2) is 4.98 Å². The van der Waals surface area contributed by atoms with Gasteiger partial charge in [-0.1, -0.05) is 6.07 Å². The standard InChI is InChI=1S/C20H22N2O2S/c1-12-8-15-16(20(23)21-14(3)11-24-4)10-18(19-6-5-7-25-19)22-17(15)9-13(12)2/h5-10,14H,11H2,1-4H3,(H,21,23). The van der Waals surface area contributed by atoms with Crippen LogP contribution in [0.25, 0.3) is 21.5 Å². The van der Waals surface area contributed by atoms with E-state index in [2.05, 4.69) is 25.2 Å². The zero-order valence-electron chi connectivity index (χ0n) is 14.9. The minimum Gasteiger partial charge on any atom is -0.383 e. The number of benzene rings is 1. The first-order valence-electron chi connectivity index (χ1n) is 8.25. The quantitative estimate of drug-likeness (QED) is 0.741. The van der Waals surface area contributed by atoms with Crippen LogP contribution in [0.4, 0.5) is 0 Å². The second-order valence-corrected chi connectivity index (χ2v) is 7.26. The van der Waals surface area contributed by atoms with Gasteiger partial charge in [0, 0.05) is 18.5 Å². The van der Waals surface area contributed by atoms with Gasteiger partial charge in [-0.3, -0.25) is 4.79 Å². The van der Waals surface area contributed by atoms with E-state index in [0.29, 0.717) is 12.2 Å². The predicted octanol–water partition coefficient (Wildman–Crippen LogP) is 4.34. The Balaban J connectivity index is 2.13. The van der Waals surface area contributed by atoms with Gasteiger partial charge in [-0.05, 0) is 61.5 Å². The average Bonchev–Trinajstić information content (AvgIpc) is 3.09. The molecule has 1 amide bonds. The van der Waals surface area contributed by atoms with Crippen molar-refractivity contribution in [2.45, 2.75) is 26.8 Å².